The summed E-state index contributed by atoms with van der Waals surface area (Å²) in [5.41, 5.74) is 1.42. The highest BCUT2D eigenvalue weighted by Crippen LogP contribution is 2.33. The predicted octanol–water partition coefficient (Wildman–Crippen LogP) is 3.73. The lowest BCUT2D eigenvalue weighted by Crippen LogP contribution is -2.40. The van der Waals surface area contributed by atoms with E-state index in [0.717, 1.165) is 10.6 Å². The van der Waals surface area contributed by atoms with E-state index >= 15 is 0 Å². The van der Waals surface area contributed by atoms with Crippen LogP contribution in [0.2, 0.25) is 0 Å². The second-order valence-electron chi connectivity index (χ2n) is 6.75. The maximum Gasteiger partial charge on any atom is 0.293 e. The van der Waals surface area contributed by atoms with Crippen molar-refractivity contribution in [2.45, 2.75) is 6.04 Å². The molecule has 0 bridgehead atoms. The van der Waals surface area contributed by atoms with E-state index in [0.29, 0.717) is 37.6 Å². The molecule has 0 spiro atoms. The minimum atomic E-state index is -0.470. The van der Waals surface area contributed by atoms with Crippen LogP contribution in [0.15, 0.2) is 60.1 Å². The Morgan fingerprint density at radius 3 is 2.63 bits per heavy atom. The van der Waals surface area contributed by atoms with Gasteiger partial charge in [-0.25, -0.2) is 4.98 Å². The number of nitrogens with zero attached hydrogens (tertiary/aromatic N) is 3. The van der Waals surface area contributed by atoms with E-state index in [9.17, 15) is 14.9 Å². The zero-order valence-corrected chi connectivity index (χ0v) is 16.9. The average Bonchev–Trinajstić information content (AvgIpc) is 3.32. The van der Waals surface area contributed by atoms with Gasteiger partial charge in [-0.15, -0.1) is 11.3 Å². The first kappa shape index (κ1) is 20.0. The van der Waals surface area contributed by atoms with Gasteiger partial charge in [0.2, 0.25) is 0 Å². The van der Waals surface area contributed by atoms with Gasteiger partial charge in [-0.2, -0.15) is 0 Å². The number of aromatic nitrogens is 1. The Kier molecular flexibility index (Phi) is 6.01. The number of anilines is 1. The van der Waals surface area contributed by atoms with Gasteiger partial charge in [-0.3, -0.25) is 14.9 Å². The molecule has 9 heteroatoms. The van der Waals surface area contributed by atoms with E-state index in [1.165, 1.54) is 17.4 Å². The van der Waals surface area contributed by atoms with Crippen LogP contribution < -0.4 is 5.32 Å². The lowest BCUT2D eigenvalue weighted by molar-refractivity contribution is -0.384. The van der Waals surface area contributed by atoms with Crippen molar-refractivity contribution >= 4 is 28.6 Å². The molecular formula is C21H20N4O4S. The van der Waals surface area contributed by atoms with Crippen LogP contribution >= 0.6 is 11.3 Å². The number of benzene rings is 2. The molecular weight excluding hydrogens is 404 g/mol. The molecule has 1 N–H and O–H groups in total. The van der Waals surface area contributed by atoms with Gasteiger partial charge in [0.05, 0.1) is 18.1 Å². The van der Waals surface area contributed by atoms with Gasteiger partial charge in [-0.05, 0) is 17.7 Å². The first-order chi connectivity index (χ1) is 14.6. The summed E-state index contributed by atoms with van der Waals surface area (Å²) in [5, 5.41) is 17.7. The molecule has 1 atom stereocenters. The standard InChI is InChI=1S/C21H20N4O4S/c26-21(24-9-11-29-12-10-24)16-6-7-17(18(14-16)25(27)28)23-19(20-22-8-13-30-20)15-4-2-1-3-5-15/h1-8,13-14,19,23H,9-12H2. The number of nitro groups is 1. The third kappa shape index (κ3) is 4.32. The van der Waals surface area contributed by atoms with Crippen molar-refractivity contribution in [2.75, 3.05) is 31.6 Å². The highest BCUT2D eigenvalue weighted by atomic mass is 32.1. The molecule has 1 aliphatic rings. The van der Waals surface area contributed by atoms with Gasteiger partial charge >= 0.3 is 0 Å². The molecule has 1 saturated heterocycles. The summed E-state index contributed by atoms with van der Waals surface area (Å²) < 4.78 is 5.27. The summed E-state index contributed by atoms with van der Waals surface area (Å²) in [5.74, 6) is -0.229. The number of carbonyl (C=O) groups is 1. The van der Waals surface area contributed by atoms with Gasteiger partial charge < -0.3 is 15.0 Å². The molecule has 2 aromatic carbocycles. The molecule has 0 radical (unpaired) electrons. The topological polar surface area (TPSA) is 97.6 Å². The van der Waals surface area contributed by atoms with Gasteiger partial charge in [0.15, 0.2) is 0 Å². The van der Waals surface area contributed by atoms with Gasteiger partial charge in [-0.1, -0.05) is 30.3 Å². The molecule has 0 saturated carbocycles. The second kappa shape index (κ2) is 9.02. The minimum absolute atomic E-state index is 0.147. The Hall–Kier alpha value is -3.30. The number of morpholine rings is 1. The number of amides is 1. The van der Waals surface area contributed by atoms with Crippen molar-refractivity contribution in [3.05, 3.63) is 86.4 Å². The number of ether oxygens (including phenoxy) is 1. The molecule has 8 nitrogen and oxygen atoms in total. The van der Waals surface area contributed by atoms with Crippen LogP contribution in [0.3, 0.4) is 0 Å². The molecule has 4 rings (SSSR count). The van der Waals surface area contributed by atoms with Gasteiger partial charge in [0.1, 0.15) is 16.7 Å². The lowest BCUT2D eigenvalue weighted by atomic mass is 10.1. The summed E-state index contributed by atoms with van der Waals surface area (Å²) in [7, 11) is 0. The van der Waals surface area contributed by atoms with Crippen molar-refractivity contribution in [3.63, 3.8) is 0 Å². The largest absolute Gasteiger partial charge is 0.378 e. The first-order valence-corrected chi connectivity index (χ1v) is 10.4. The highest BCUT2D eigenvalue weighted by Gasteiger charge is 2.25. The van der Waals surface area contributed by atoms with Crippen molar-refractivity contribution < 1.29 is 14.5 Å². The van der Waals surface area contributed by atoms with Crippen LogP contribution in [0.25, 0.3) is 0 Å². The van der Waals surface area contributed by atoms with Crippen LogP contribution in [0.5, 0.6) is 0 Å². The molecule has 2 heterocycles. The molecule has 30 heavy (non-hydrogen) atoms. The molecule has 1 fully saturated rings. The van der Waals surface area contributed by atoms with Crippen LogP contribution in [0.1, 0.15) is 27.0 Å². The highest BCUT2D eigenvalue weighted by molar-refractivity contribution is 7.09. The minimum Gasteiger partial charge on any atom is -0.378 e. The van der Waals surface area contributed by atoms with E-state index in [-0.39, 0.29) is 17.6 Å². The molecule has 1 amide bonds. The number of nitro benzene ring substituents is 1. The fourth-order valence-corrected chi connectivity index (χ4v) is 4.07. The van der Waals surface area contributed by atoms with Gasteiger partial charge in [0, 0.05) is 36.3 Å². The molecule has 154 valence electrons. The summed E-state index contributed by atoms with van der Waals surface area (Å²) in [6.45, 7) is 1.90. The smallest absolute Gasteiger partial charge is 0.293 e. The molecule has 1 aromatic heterocycles. The predicted molar refractivity (Wildman–Crippen MR) is 114 cm³/mol. The van der Waals surface area contributed by atoms with Crippen molar-refractivity contribution in [1.29, 1.82) is 0 Å². The fourth-order valence-electron chi connectivity index (χ4n) is 3.35. The van der Waals surface area contributed by atoms with E-state index in [1.54, 1.807) is 23.2 Å². The zero-order valence-electron chi connectivity index (χ0n) is 16.1. The van der Waals surface area contributed by atoms with Gasteiger partial charge in [0.25, 0.3) is 11.6 Å². The Morgan fingerprint density at radius 2 is 1.97 bits per heavy atom. The lowest BCUT2D eigenvalue weighted by Gasteiger charge is -2.27. The normalized spacial score (nSPS) is 14.9. The van der Waals surface area contributed by atoms with E-state index in [1.807, 2.05) is 35.7 Å². The van der Waals surface area contributed by atoms with Crippen molar-refractivity contribution in [3.8, 4) is 0 Å². The number of rotatable bonds is 6. The quantitative estimate of drug-likeness (QED) is 0.478. The number of hydrogen-bond acceptors (Lipinski definition) is 7. The number of hydrogen-bond donors (Lipinski definition) is 1. The number of nitrogens with one attached hydrogen (secondary N) is 1. The van der Waals surface area contributed by atoms with E-state index in [4.69, 9.17) is 4.74 Å². The van der Waals surface area contributed by atoms with E-state index < -0.39 is 4.92 Å². The molecule has 1 unspecified atom stereocenters. The first-order valence-electron chi connectivity index (χ1n) is 9.50. The maximum atomic E-state index is 12.7. The van der Waals surface area contributed by atoms with Crippen LogP contribution in [0, 0.1) is 10.1 Å². The number of thiazole rings is 1. The van der Waals surface area contributed by atoms with Crippen LogP contribution in [-0.2, 0) is 4.74 Å². The van der Waals surface area contributed by atoms with Crippen LogP contribution in [-0.4, -0.2) is 47.0 Å². The Bertz CT molecular complexity index is 1020. The number of carbonyl (C=O) groups excluding carboxylic acids is 1. The third-order valence-electron chi connectivity index (χ3n) is 4.87. The molecule has 0 aliphatic carbocycles. The van der Waals surface area contributed by atoms with Crippen molar-refractivity contribution in [2.24, 2.45) is 0 Å². The summed E-state index contributed by atoms with van der Waals surface area (Å²) in [4.78, 5) is 30.1. The zero-order chi connectivity index (χ0) is 20.9. The average molecular weight is 424 g/mol. The molecule has 1 aliphatic heterocycles. The second-order valence-corrected chi connectivity index (χ2v) is 7.68. The molecule has 3 aromatic rings. The summed E-state index contributed by atoms with van der Waals surface area (Å²) in [6.07, 6.45) is 1.70. The SMILES string of the molecule is O=C(c1ccc(NC(c2ccccc2)c2nccs2)c([N+](=O)[O-])c1)N1CCOCC1. The monoisotopic (exact) mass is 424 g/mol. The third-order valence-corrected chi connectivity index (χ3v) is 5.71. The van der Waals surface area contributed by atoms with E-state index in [2.05, 4.69) is 10.3 Å². The maximum absolute atomic E-state index is 12.7. The fraction of sp³-hybridized carbons (Fsp3) is 0.238. The van der Waals surface area contributed by atoms with Crippen LogP contribution in [0.4, 0.5) is 11.4 Å². The Labute approximate surface area is 177 Å². The Morgan fingerprint density at radius 1 is 1.20 bits per heavy atom. The summed E-state index contributed by atoms with van der Waals surface area (Å²) >= 11 is 1.47. The van der Waals surface area contributed by atoms with Crippen molar-refractivity contribution in [1.82, 2.24) is 9.88 Å². The summed E-state index contributed by atoms with van der Waals surface area (Å²) in [6, 6.07) is 13.8. The Balaban J connectivity index is 1.65.